The molecule has 0 aliphatic rings. The van der Waals surface area contributed by atoms with Crippen molar-refractivity contribution in [2.75, 3.05) is 0 Å². The summed E-state index contributed by atoms with van der Waals surface area (Å²) in [6.45, 7) is 0. The first-order valence-corrected chi connectivity index (χ1v) is 4.31. The first-order valence-electron chi connectivity index (χ1n) is 4.31. The summed E-state index contributed by atoms with van der Waals surface area (Å²) in [7, 11) is 0. The molecular formula is C11H11ClN2O. The van der Waals surface area contributed by atoms with Crippen LogP contribution in [-0.4, -0.2) is 5.91 Å². The number of halogens is 1. The van der Waals surface area contributed by atoms with Crippen molar-refractivity contribution in [3.05, 3.63) is 48.0 Å². The molecule has 0 heterocycles. The lowest BCUT2D eigenvalue weighted by Crippen LogP contribution is -2.29. The van der Waals surface area contributed by atoms with Crippen LogP contribution >= 0.6 is 12.4 Å². The minimum absolute atomic E-state index is 0. The van der Waals surface area contributed by atoms with E-state index in [2.05, 4.69) is 5.43 Å². The van der Waals surface area contributed by atoms with Crippen molar-refractivity contribution in [3.63, 3.8) is 0 Å². The summed E-state index contributed by atoms with van der Waals surface area (Å²) in [5.41, 5.74) is 2.68. The number of amides is 1. The van der Waals surface area contributed by atoms with Crippen LogP contribution in [0.15, 0.2) is 42.5 Å². The van der Waals surface area contributed by atoms with Gasteiger partial charge in [0, 0.05) is 5.56 Å². The normalized spacial score (nSPS) is 9.40. The number of benzene rings is 2. The van der Waals surface area contributed by atoms with Gasteiger partial charge in [0.2, 0.25) is 0 Å². The average molecular weight is 223 g/mol. The smallest absolute Gasteiger partial charge is 0.265 e. The van der Waals surface area contributed by atoms with Crippen molar-refractivity contribution in [2.24, 2.45) is 5.84 Å². The van der Waals surface area contributed by atoms with E-state index in [0.29, 0.717) is 5.56 Å². The highest BCUT2D eigenvalue weighted by atomic mass is 35.5. The van der Waals surface area contributed by atoms with E-state index in [1.54, 1.807) is 6.07 Å². The van der Waals surface area contributed by atoms with E-state index in [1.165, 1.54) is 0 Å². The number of carbonyl (C=O) groups excluding carboxylic acids is 1. The second-order valence-electron chi connectivity index (χ2n) is 3.04. The van der Waals surface area contributed by atoms with Crippen LogP contribution < -0.4 is 11.3 Å². The number of carbonyl (C=O) groups is 1. The van der Waals surface area contributed by atoms with Crippen molar-refractivity contribution < 1.29 is 4.79 Å². The lowest BCUT2D eigenvalue weighted by molar-refractivity contribution is 0.0954. The molecule has 0 aliphatic carbocycles. The molecule has 3 N–H and O–H groups in total. The third-order valence-electron chi connectivity index (χ3n) is 2.14. The third kappa shape index (κ3) is 2.26. The van der Waals surface area contributed by atoms with Gasteiger partial charge >= 0.3 is 0 Å². The van der Waals surface area contributed by atoms with E-state index in [1.807, 2.05) is 36.4 Å². The summed E-state index contributed by atoms with van der Waals surface area (Å²) in [5, 5.41) is 2.15. The predicted octanol–water partition coefficient (Wildman–Crippen LogP) is 1.87. The largest absolute Gasteiger partial charge is 0.290 e. The molecule has 0 saturated heterocycles. The number of hydrazine groups is 1. The fourth-order valence-electron chi connectivity index (χ4n) is 1.41. The van der Waals surface area contributed by atoms with Gasteiger partial charge < -0.3 is 0 Å². The molecule has 0 bridgehead atoms. The van der Waals surface area contributed by atoms with Gasteiger partial charge in [-0.25, -0.2) is 5.84 Å². The SMILES string of the molecule is Cl.NNC(=O)c1ccc2ccccc2c1. The molecular weight excluding hydrogens is 212 g/mol. The van der Waals surface area contributed by atoms with Gasteiger partial charge in [-0.1, -0.05) is 30.3 Å². The van der Waals surface area contributed by atoms with Crippen LogP contribution in [0.2, 0.25) is 0 Å². The Balaban J connectivity index is 0.00000112. The quantitative estimate of drug-likeness (QED) is 0.440. The highest BCUT2D eigenvalue weighted by Crippen LogP contribution is 2.15. The summed E-state index contributed by atoms with van der Waals surface area (Å²) >= 11 is 0. The first-order chi connectivity index (χ1) is 6.81. The molecule has 0 atom stereocenters. The van der Waals surface area contributed by atoms with E-state index in [0.717, 1.165) is 10.8 Å². The fourth-order valence-corrected chi connectivity index (χ4v) is 1.41. The van der Waals surface area contributed by atoms with Crippen molar-refractivity contribution >= 4 is 29.1 Å². The summed E-state index contributed by atoms with van der Waals surface area (Å²) in [6, 6.07) is 13.3. The molecule has 0 aromatic heterocycles. The maximum Gasteiger partial charge on any atom is 0.265 e. The number of hydrogen-bond acceptors (Lipinski definition) is 2. The maximum absolute atomic E-state index is 11.2. The molecule has 2 aromatic rings. The minimum Gasteiger partial charge on any atom is -0.290 e. The van der Waals surface area contributed by atoms with Gasteiger partial charge in [0.05, 0.1) is 0 Å². The minimum atomic E-state index is -0.268. The van der Waals surface area contributed by atoms with Gasteiger partial charge in [-0.2, -0.15) is 0 Å². The Hall–Kier alpha value is -1.58. The van der Waals surface area contributed by atoms with E-state index in [9.17, 15) is 4.79 Å². The topological polar surface area (TPSA) is 55.1 Å². The lowest BCUT2D eigenvalue weighted by Gasteiger charge is -2.01. The van der Waals surface area contributed by atoms with Crippen molar-refractivity contribution in [1.82, 2.24) is 5.43 Å². The highest BCUT2D eigenvalue weighted by Gasteiger charge is 2.02. The highest BCUT2D eigenvalue weighted by molar-refractivity contribution is 5.98. The molecule has 0 radical (unpaired) electrons. The Morgan fingerprint density at radius 1 is 1.07 bits per heavy atom. The van der Waals surface area contributed by atoms with E-state index in [4.69, 9.17) is 5.84 Å². The van der Waals surface area contributed by atoms with Gasteiger partial charge in [0.25, 0.3) is 5.91 Å². The molecule has 3 nitrogen and oxygen atoms in total. The molecule has 0 spiro atoms. The number of nitrogens with one attached hydrogen (secondary N) is 1. The molecule has 4 heteroatoms. The van der Waals surface area contributed by atoms with E-state index < -0.39 is 0 Å². The molecule has 0 unspecified atom stereocenters. The Morgan fingerprint density at radius 2 is 1.73 bits per heavy atom. The number of fused-ring (bicyclic) bond motifs is 1. The summed E-state index contributed by atoms with van der Waals surface area (Å²) in [4.78, 5) is 11.2. The molecule has 78 valence electrons. The van der Waals surface area contributed by atoms with Crippen LogP contribution in [0.25, 0.3) is 10.8 Å². The predicted molar refractivity (Wildman–Crippen MR) is 62.8 cm³/mol. The molecule has 15 heavy (non-hydrogen) atoms. The number of hydrogen-bond donors (Lipinski definition) is 2. The van der Waals surface area contributed by atoms with E-state index in [-0.39, 0.29) is 18.3 Å². The molecule has 2 aromatic carbocycles. The number of rotatable bonds is 1. The van der Waals surface area contributed by atoms with Gasteiger partial charge in [-0.15, -0.1) is 12.4 Å². The van der Waals surface area contributed by atoms with Gasteiger partial charge in [-0.3, -0.25) is 10.2 Å². The fraction of sp³-hybridized carbons (Fsp3) is 0. The van der Waals surface area contributed by atoms with Crippen LogP contribution in [-0.2, 0) is 0 Å². The Labute approximate surface area is 93.7 Å². The summed E-state index contributed by atoms with van der Waals surface area (Å²) < 4.78 is 0. The monoisotopic (exact) mass is 222 g/mol. The average Bonchev–Trinajstić information content (AvgIpc) is 2.27. The van der Waals surface area contributed by atoms with Gasteiger partial charge in [0.1, 0.15) is 0 Å². The zero-order valence-electron chi connectivity index (χ0n) is 7.94. The zero-order chi connectivity index (χ0) is 9.97. The summed E-state index contributed by atoms with van der Waals surface area (Å²) in [5.74, 6) is 4.78. The second kappa shape index (κ2) is 4.77. The number of nitrogen functional groups attached to an aromatic ring is 1. The molecule has 0 aliphatic heterocycles. The van der Waals surface area contributed by atoms with Crippen LogP contribution in [0, 0.1) is 0 Å². The van der Waals surface area contributed by atoms with Crippen LogP contribution in [0.3, 0.4) is 0 Å². The van der Waals surface area contributed by atoms with Crippen LogP contribution in [0.1, 0.15) is 10.4 Å². The van der Waals surface area contributed by atoms with Crippen LogP contribution in [0.5, 0.6) is 0 Å². The molecule has 1 amide bonds. The lowest BCUT2D eigenvalue weighted by atomic mass is 10.1. The Bertz CT molecular complexity index is 485. The van der Waals surface area contributed by atoms with Crippen molar-refractivity contribution in [1.29, 1.82) is 0 Å². The molecule has 0 saturated carbocycles. The standard InChI is InChI=1S/C11H10N2O.ClH/c12-13-11(14)10-6-5-8-3-1-2-4-9(8)7-10;/h1-7H,12H2,(H,13,14);1H. The summed E-state index contributed by atoms with van der Waals surface area (Å²) in [6.07, 6.45) is 0. The second-order valence-corrected chi connectivity index (χ2v) is 3.04. The van der Waals surface area contributed by atoms with Crippen LogP contribution in [0.4, 0.5) is 0 Å². The van der Waals surface area contributed by atoms with Gasteiger partial charge in [-0.05, 0) is 22.9 Å². The maximum atomic E-state index is 11.2. The third-order valence-corrected chi connectivity index (χ3v) is 2.14. The first kappa shape index (κ1) is 11.5. The zero-order valence-corrected chi connectivity index (χ0v) is 8.75. The van der Waals surface area contributed by atoms with E-state index >= 15 is 0 Å². The Morgan fingerprint density at radius 3 is 2.40 bits per heavy atom. The van der Waals surface area contributed by atoms with Crippen molar-refractivity contribution in [3.8, 4) is 0 Å². The number of nitrogens with two attached hydrogens (primary N) is 1. The Kier molecular flexibility index (Phi) is 3.66. The van der Waals surface area contributed by atoms with Crippen molar-refractivity contribution in [2.45, 2.75) is 0 Å². The molecule has 2 rings (SSSR count). The molecule has 0 fully saturated rings. The van der Waals surface area contributed by atoms with Gasteiger partial charge in [0.15, 0.2) is 0 Å².